The van der Waals surface area contributed by atoms with Crippen LogP contribution in [0.1, 0.15) is 35.8 Å². The molecule has 2 aromatic heterocycles. The van der Waals surface area contributed by atoms with Gasteiger partial charge in [-0.1, -0.05) is 13.8 Å². The second-order valence-electron chi connectivity index (χ2n) is 4.32. The Morgan fingerprint density at radius 3 is 2.78 bits per heavy atom. The third-order valence-corrected chi connectivity index (χ3v) is 2.60. The maximum absolute atomic E-state index is 12.0. The molecule has 2 aromatic rings. The molecule has 0 saturated heterocycles. The molecule has 0 aromatic carbocycles. The number of rotatable bonds is 3. The first-order chi connectivity index (χ1) is 8.66. The van der Waals surface area contributed by atoms with E-state index in [9.17, 15) is 4.79 Å². The van der Waals surface area contributed by atoms with E-state index < -0.39 is 0 Å². The van der Waals surface area contributed by atoms with Crippen LogP contribution in [0, 0.1) is 0 Å². The SMILES string of the molecule is CC(C)c1ccnc(C(=O)Nc2cccnc2)c1. The van der Waals surface area contributed by atoms with Gasteiger partial charge in [-0.3, -0.25) is 14.8 Å². The minimum Gasteiger partial charge on any atom is -0.319 e. The van der Waals surface area contributed by atoms with Gasteiger partial charge >= 0.3 is 0 Å². The molecule has 0 bridgehead atoms. The largest absolute Gasteiger partial charge is 0.319 e. The second kappa shape index (κ2) is 5.40. The summed E-state index contributed by atoms with van der Waals surface area (Å²) in [5, 5.41) is 2.76. The van der Waals surface area contributed by atoms with Gasteiger partial charge in [-0.15, -0.1) is 0 Å². The van der Waals surface area contributed by atoms with Gasteiger partial charge in [0, 0.05) is 12.4 Å². The minimum atomic E-state index is -0.217. The predicted molar refractivity (Wildman–Crippen MR) is 70.5 cm³/mol. The van der Waals surface area contributed by atoms with Crippen LogP contribution in [-0.2, 0) is 0 Å². The second-order valence-corrected chi connectivity index (χ2v) is 4.32. The fourth-order valence-electron chi connectivity index (χ4n) is 1.56. The molecule has 0 unspecified atom stereocenters. The Kier molecular flexibility index (Phi) is 3.67. The normalized spacial score (nSPS) is 10.4. The third kappa shape index (κ3) is 2.91. The van der Waals surface area contributed by atoms with Crippen LogP contribution in [-0.4, -0.2) is 15.9 Å². The van der Waals surface area contributed by atoms with Crippen LogP contribution in [0.15, 0.2) is 42.9 Å². The number of aromatic nitrogens is 2. The van der Waals surface area contributed by atoms with Crippen molar-refractivity contribution in [2.75, 3.05) is 5.32 Å². The summed E-state index contributed by atoms with van der Waals surface area (Å²) in [6.45, 7) is 4.16. The van der Waals surface area contributed by atoms with Gasteiger partial charge in [-0.2, -0.15) is 0 Å². The lowest BCUT2D eigenvalue weighted by Gasteiger charge is -2.07. The van der Waals surface area contributed by atoms with Gasteiger partial charge in [-0.25, -0.2) is 0 Å². The zero-order valence-electron chi connectivity index (χ0n) is 10.4. The third-order valence-electron chi connectivity index (χ3n) is 2.60. The van der Waals surface area contributed by atoms with E-state index in [1.807, 2.05) is 12.1 Å². The van der Waals surface area contributed by atoms with Gasteiger partial charge in [0.25, 0.3) is 5.91 Å². The number of carbonyl (C=O) groups excluding carboxylic acids is 1. The molecular formula is C14H15N3O. The van der Waals surface area contributed by atoms with Crippen molar-refractivity contribution >= 4 is 11.6 Å². The molecule has 92 valence electrons. The Balaban J connectivity index is 2.16. The number of nitrogens with one attached hydrogen (secondary N) is 1. The van der Waals surface area contributed by atoms with E-state index in [1.54, 1.807) is 30.7 Å². The molecule has 4 heteroatoms. The summed E-state index contributed by atoms with van der Waals surface area (Å²) >= 11 is 0. The Morgan fingerprint density at radius 2 is 2.11 bits per heavy atom. The summed E-state index contributed by atoms with van der Waals surface area (Å²) in [5.74, 6) is 0.156. The molecule has 18 heavy (non-hydrogen) atoms. The number of hydrogen-bond donors (Lipinski definition) is 1. The predicted octanol–water partition coefficient (Wildman–Crippen LogP) is 2.85. The highest BCUT2D eigenvalue weighted by molar-refractivity contribution is 6.02. The summed E-state index contributed by atoms with van der Waals surface area (Å²) in [4.78, 5) is 20.0. The first-order valence-electron chi connectivity index (χ1n) is 5.84. The van der Waals surface area contributed by atoms with Crippen molar-refractivity contribution in [1.29, 1.82) is 0 Å². The number of carbonyl (C=O) groups is 1. The maximum Gasteiger partial charge on any atom is 0.274 e. The molecule has 2 heterocycles. The molecule has 0 fully saturated rings. The van der Waals surface area contributed by atoms with Gasteiger partial charge < -0.3 is 5.32 Å². The van der Waals surface area contributed by atoms with Crippen molar-refractivity contribution in [2.45, 2.75) is 19.8 Å². The maximum atomic E-state index is 12.0. The highest BCUT2D eigenvalue weighted by Crippen LogP contribution is 2.14. The molecule has 0 saturated carbocycles. The van der Waals surface area contributed by atoms with Crippen molar-refractivity contribution in [3.05, 3.63) is 54.1 Å². The van der Waals surface area contributed by atoms with E-state index in [1.165, 1.54) is 0 Å². The monoisotopic (exact) mass is 241 g/mol. The van der Waals surface area contributed by atoms with E-state index in [-0.39, 0.29) is 5.91 Å². The highest BCUT2D eigenvalue weighted by Gasteiger charge is 2.09. The van der Waals surface area contributed by atoms with Crippen LogP contribution in [0.4, 0.5) is 5.69 Å². The van der Waals surface area contributed by atoms with E-state index in [0.717, 1.165) is 5.56 Å². The van der Waals surface area contributed by atoms with Gasteiger partial charge in [0.2, 0.25) is 0 Å². The summed E-state index contributed by atoms with van der Waals surface area (Å²) in [7, 11) is 0. The van der Waals surface area contributed by atoms with E-state index in [2.05, 4.69) is 29.1 Å². The van der Waals surface area contributed by atoms with Gasteiger partial charge in [0.15, 0.2) is 0 Å². The van der Waals surface area contributed by atoms with Crippen LogP contribution in [0.25, 0.3) is 0 Å². The Bertz CT molecular complexity index is 538. The lowest BCUT2D eigenvalue weighted by molar-refractivity contribution is 0.102. The average molecular weight is 241 g/mol. The van der Waals surface area contributed by atoms with Crippen molar-refractivity contribution in [1.82, 2.24) is 9.97 Å². The van der Waals surface area contributed by atoms with Crippen LogP contribution >= 0.6 is 0 Å². The fraction of sp³-hybridized carbons (Fsp3) is 0.214. The van der Waals surface area contributed by atoms with Gasteiger partial charge in [-0.05, 0) is 35.7 Å². The van der Waals surface area contributed by atoms with E-state index in [0.29, 0.717) is 17.3 Å². The average Bonchev–Trinajstić information content (AvgIpc) is 2.40. The summed E-state index contributed by atoms with van der Waals surface area (Å²) in [6.07, 6.45) is 4.92. The number of pyridine rings is 2. The molecule has 0 aliphatic carbocycles. The number of hydrogen-bond acceptors (Lipinski definition) is 3. The summed E-state index contributed by atoms with van der Waals surface area (Å²) in [5.41, 5.74) is 2.19. The number of anilines is 1. The van der Waals surface area contributed by atoms with Crippen molar-refractivity contribution in [3.63, 3.8) is 0 Å². The molecule has 1 N–H and O–H groups in total. The van der Waals surface area contributed by atoms with Gasteiger partial charge in [0.1, 0.15) is 5.69 Å². The van der Waals surface area contributed by atoms with Crippen LogP contribution < -0.4 is 5.32 Å². The minimum absolute atomic E-state index is 0.217. The number of amides is 1. The zero-order valence-corrected chi connectivity index (χ0v) is 10.4. The Labute approximate surface area is 106 Å². The number of nitrogens with zero attached hydrogens (tertiary/aromatic N) is 2. The molecule has 4 nitrogen and oxygen atoms in total. The standard InChI is InChI=1S/C14H15N3O/c1-10(2)11-5-7-16-13(8-11)14(18)17-12-4-3-6-15-9-12/h3-10H,1-2H3,(H,17,18). The Morgan fingerprint density at radius 1 is 1.28 bits per heavy atom. The summed E-state index contributed by atoms with van der Waals surface area (Å²) in [6, 6.07) is 7.30. The topological polar surface area (TPSA) is 54.9 Å². The van der Waals surface area contributed by atoms with Gasteiger partial charge in [0.05, 0.1) is 11.9 Å². The quantitative estimate of drug-likeness (QED) is 0.899. The lowest BCUT2D eigenvalue weighted by Crippen LogP contribution is -2.14. The first-order valence-corrected chi connectivity index (χ1v) is 5.84. The molecule has 0 spiro atoms. The summed E-state index contributed by atoms with van der Waals surface area (Å²) < 4.78 is 0. The van der Waals surface area contributed by atoms with Crippen LogP contribution in [0.3, 0.4) is 0 Å². The van der Waals surface area contributed by atoms with Crippen LogP contribution in [0.5, 0.6) is 0 Å². The fourth-order valence-corrected chi connectivity index (χ4v) is 1.56. The molecule has 0 radical (unpaired) electrons. The zero-order chi connectivity index (χ0) is 13.0. The van der Waals surface area contributed by atoms with E-state index in [4.69, 9.17) is 0 Å². The molecule has 0 aliphatic rings. The smallest absolute Gasteiger partial charge is 0.274 e. The van der Waals surface area contributed by atoms with Crippen molar-refractivity contribution in [2.24, 2.45) is 0 Å². The van der Waals surface area contributed by atoms with Crippen molar-refractivity contribution < 1.29 is 4.79 Å². The highest BCUT2D eigenvalue weighted by atomic mass is 16.1. The van der Waals surface area contributed by atoms with Crippen molar-refractivity contribution in [3.8, 4) is 0 Å². The molecule has 2 rings (SSSR count). The van der Waals surface area contributed by atoms with E-state index >= 15 is 0 Å². The van der Waals surface area contributed by atoms with Crippen LogP contribution in [0.2, 0.25) is 0 Å². The molecule has 0 aliphatic heterocycles. The molecule has 1 amide bonds. The Hall–Kier alpha value is -2.23. The molecular weight excluding hydrogens is 226 g/mol. The first kappa shape index (κ1) is 12.2. The molecule has 0 atom stereocenters. The lowest BCUT2D eigenvalue weighted by atomic mass is 10.0.